The molecule has 0 aromatic heterocycles. The summed E-state index contributed by atoms with van der Waals surface area (Å²) in [5.74, 6) is -0.502. The molecule has 6 heteroatoms. The smallest absolute Gasteiger partial charge is 0.306 e. The number of aliphatic hydroxyl groups excluding tert-OH is 2. The highest BCUT2D eigenvalue weighted by molar-refractivity contribution is 5.77. The second kappa shape index (κ2) is 56.5. The number of allylic oxidation sites excluding steroid dienone is 10. The number of esters is 1. The average molecular weight is 967 g/mol. The van der Waals surface area contributed by atoms with Crippen molar-refractivity contribution >= 4 is 11.9 Å². The summed E-state index contributed by atoms with van der Waals surface area (Å²) in [5, 5.41) is 23.9. The lowest BCUT2D eigenvalue weighted by Gasteiger charge is -2.24. The van der Waals surface area contributed by atoms with E-state index in [4.69, 9.17) is 4.74 Å². The highest BCUT2D eigenvalue weighted by atomic mass is 16.5. The molecular formula is C63H115NO5. The quantitative estimate of drug-likeness (QED) is 0.0244. The van der Waals surface area contributed by atoms with Crippen molar-refractivity contribution < 1.29 is 24.5 Å². The van der Waals surface area contributed by atoms with E-state index in [-0.39, 0.29) is 24.9 Å². The van der Waals surface area contributed by atoms with E-state index in [1.807, 2.05) is 0 Å². The number of rotatable bonds is 54. The van der Waals surface area contributed by atoms with Crippen LogP contribution in [0.4, 0.5) is 0 Å². The lowest BCUT2D eigenvalue weighted by Crippen LogP contribution is -2.46. The lowest BCUT2D eigenvalue weighted by atomic mass is 10.0. The third-order valence-corrected chi connectivity index (χ3v) is 13.6. The van der Waals surface area contributed by atoms with Crippen LogP contribution < -0.4 is 5.32 Å². The molecule has 3 atom stereocenters. The van der Waals surface area contributed by atoms with E-state index >= 15 is 0 Å². The minimum absolute atomic E-state index is 0.0596. The van der Waals surface area contributed by atoms with Gasteiger partial charge in [0.1, 0.15) is 6.10 Å². The van der Waals surface area contributed by atoms with Crippen LogP contribution >= 0.6 is 0 Å². The van der Waals surface area contributed by atoms with Crippen molar-refractivity contribution in [1.82, 2.24) is 5.32 Å². The van der Waals surface area contributed by atoms with Crippen molar-refractivity contribution in [2.75, 3.05) is 6.61 Å². The molecule has 3 N–H and O–H groups in total. The highest BCUT2D eigenvalue weighted by Crippen LogP contribution is 2.18. The molecule has 0 saturated carbocycles. The summed E-state index contributed by atoms with van der Waals surface area (Å²) in [6.07, 6.45) is 71.4. The molecule has 0 saturated heterocycles. The molecule has 0 aromatic carbocycles. The summed E-state index contributed by atoms with van der Waals surface area (Å²) in [6.45, 7) is 6.47. The van der Waals surface area contributed by atoms with Crippen LogP contribution in [0.2, 0.25) is 0 Å². The van der Waals surface area contributed by atoms with Crippen LogP contribution in [0.3, 0.4) is 0 Å². The van der Waals surface area contributed by atoms with Gasteiger partial charge in [0.05, 0.1) is 25.2 Å². The first-order valence-corrected chi connectivity index (χ1v) is 30.0. The standard InChI is InChI=1S/C63H115NO5/c1-4-7-10-13-16-19-22-25-28-30-32-35-38-41-44-47-50-53-56-63(68)69-59(54-51-48-45-42-39-36-33-27-24-21-18-15-12-9-6-3)57-62(67)64-60(58-65)61(66)55-52-49-46-43-40-37-34-31-29-26-23-20-17-14-11-8-5-2/h18,21-22,25,27-28,30,32-33,35,59-61,65-66H,4-17,19-20,23-24,26,29,31,34,36-58H2,1-3H3,(H,64,67)/b21-18-,25-22+,30-28+,33-27-,35-32+. The first-order valence-electron chi connectivity index (χ1n) is 30.0. The van der Waals surface area contributed by atoms with Crippen molar-refractivity contribution in [2.24, 2.45) is 0 Å². The van der Waals surface area contributed by atoms with Gasteiger partial charge in [-0.1, -0.05) is 268 Å². The average Bonchev–Trinajstić information content (AvgIpc) is 3.34. The predicted molar refractivity (Wildman–Crippen MR) is 301 cm³/mol. The van der Waals surface area contributed by atoms with Gasteiger partial charge in [0.15, 0.2) is 0 Å². The predicted octanol–water partition coefficient (Wildman–Crippen LogP) is 18.7. The molecule has 0 aliphatic rings. The third kappa shape index (κ3) is 51.7. The van der Waals surface area contributed by atoms with Gasteiger partial charge in [0.2, 0.25) is 5.91 Å². The fourth-order valence-electron chi connectivity index (χ4n) is 9.05. The van der Waals surface area contributed by atoms with Crippen molar-refractivity contribution in [1.29, 1.82) is 0 Å². The van der Waals surface area contributed by atoms with Gasteiger partial charge < -0.3 is 20.3 Å². The Morgan fingerprint density at radius 1 is 0.435 bits per heavy atom. The Balaban J connectivity index is 4.59. The summed E-state index contributed by atoms with van der Waals surface area (Å²) >= 11 is 0. The second-order valence-electron chi connectivity index (χ2n) is 20.5. The summed E-state index contributed by atoms with van der Waals surface area (Å²) in [6, 6.07) is -0.713. The molecule has 0 radical (unpaired) electrons. The van der Waals surface area contributed by atoms with E-state index in [1.165, 1.54) is 167 Å². The van der Waals surface area contributed by atoms with Crippen LogP contribution in [0.1, 0.15) is 303 Å². The number of ether oxygens (including phenoxy) is 1. The number of aliphatic hydroxyl groups is 2. The second-order valence-corrected chi connectivity index (χ2v) is 20.5. The number of amides is 1. The largest absolute Gasteiger partial charge is 0.462 e. The number of nitrogens with one attached hydrogen (secondary N) is 1. The van der Waals surface area contributed by atoms with Crippen LogP contribution in [-0.4, -0.2) is 46.9 Å². The Morgan fingerprint density at radius 2 is 0.797 bits per heavy atom. The molecule has 0 fully saturated rings. The maximum absolute atomic E-state index is 13.3. The SMILES string of the molecule is CCCCC/C=C\C/C=C\CCCCCCCC(CC(=O)NC(CO)C(O)CCCCCCCCCCCCCCCCCCC)OC(=O)CCCCCCC/C=C/C=C/C=C/CCCCCCC. The van der Waals surface area contributed by atoms with Gasteiger partial charge in [-0.2, -0.15) is 0 Å². The summed E-state index contributed by atoms with van der Waals surface area (Å²) in [7, 11) is 0. The van der Waals surface area contributed by atoms with Gasteiger partial charge in [-0.05, 0) is 83.5 Å². The Labute approximate surface area is 428 Å². The molecule has 0 bridgehead atoms. The highest BCUT2D eigenvalue weighted by Gasteiger charge is 2.24. The van der Waals surface area contributed by atoms with Crippen molar-refractivity contribution in [3.8, 4) is 0 Å². The molecule has 69 heavy (non-hydrogen) atoms. The zero-order chi connectivity index (χ0) is 50.2. The molecule has 0 heterocycles. The van der Waals surface area contributed by atoms with E-state index in [2.05, 4.69) is 86.8 Å². The van der Waals surface area contributed by atoms with Gasteiger partial charge in [-0.25, -0.2) is 0 Å². The number of carbonyl (C=O) groups excluding carboxylic acids is 2. The zero-order valence-corrected chi connectivity index (χ0v) is 45.9. The van der Waals surface area contributed by atoms with Crippen LogP contribution in [-0.2, 0) is 14.3 Å². The Kier molecular flexibility index (Phi) is 54.5. The van der Waals surface area contributed by atoms with E-state index in [1.54, 1.807) is 0 Å². The van der Waals surface area contributed by atoms with Crippen LogP contribution in [0.5, 0.6) is 0 Å². The van der Waals surface area contributed by atoms with E-state index in [0.29, 0.717) is 19.3 Å². The molecule has 0 aliphatic heterocycles. The first-order chi connectivity index (χ1) is 34.0. The van der Waals surface area contributed by atoms with Crippen LogP contribution in [0.25, 0.3) is 0 Å². The van der Waals surface area contributed by atoms with Crippen molar-refractivity contribution in [3.63, 3.8) is 0 Å². The normalized spacial score (nSPS) is 13.5. The molecule has 0 rings (SSSR count). The molecule has 402 valence electrons. The van der Waals surface area contributed by atoms with Crippen molar-refractivity contribution in [2.45, 2.75) is 322 Å². The number of hydrogen-bond acceptors (Lipinski definition) is 5. The molecule has 6 nitrogen and oxygen atoms in total. The van der Waals surface area contributed by atoms with Gasteiger partial charge in [0, 0.05) is 6.42 Å². The first kappa shape index (κ1) is 66.6. The Morgan fingerprint density at radius 3 is 1.25 bits per heavy atom. The molecule has 0 spiro atoms. The van der Waals surface area contributed by atoms with Crippen LogP contribution in [0.15, 0.2) is 60.8 Å². The topological polar surface area (TPSA) is 95.9 Å². The third-order valence-electron chi connectivity index (χ3n) is 13.6. The monoisotopic (exact) mass is 966 g/mol. The molecule has 1 amide bonds. The van der Waals surface area contributed by atoms with Gasteiger partial charge in [-0.15, -0.1) is 0 Å². The van der Waals surface area contributed by atoms with E-state index in [0.717, 1.165) is 89.9 Å². The van der Waals surface area contributed by atoms with Gasteiger partial charge >= 0.3 is 5.97 Å². The van der Waals surface area contributed by atoms with Gasteiger partial charge in [0.25, 0.3) is 0 Å². The number of hydrogen-bond donors (Lipinski definition) is 3. The van der Waals surface area contributed by atoms with Crippen LogP contribution in [0, 0.1) is 0 Å². The Hall–Kier alpha value is -2.44. The zero-order valence-electron chi connectivity index (χ0n) is 45.9. The number of unbranched alkanes of at least 4 members (excludes halogenated alkanes) is 34. The molecule has 0 aromatic rings. The van der Waals surface area contributed by atoms with E-state index < -0.39 is 18.2 Å². The molecular weight excluding hydrogens is 851 g/mol. The fraction of sp³-hybridized carbons (Fsp3) is 0.810. The fourth-order valence-corrected chi connectivity index (χ4v) is 9.05. The minimum atomic E-state index is -0.798. The molecule has 3 unspecified atom stereocenters. The summed E-state index contributed by atoms with van der Waals surface area (Å²) in [5.41, 5.74) is 0. The lowest BCUT2D eigenvalue weighted by molar-refractivity contribution is -0.151. The maximum atomic E-state index is 13.3. The van der Waals surface area contributed by atoms with Crippen molar-refractivity contribution in [3.05, 3.63) is 60.8 Å². The number of carbonyl (C=O) groups is 2. The molecule has 0 aliphatic carbocycles. The van der Waals surface area contributed by atoms with Gasteiger partial charge in [-0.3, -0.25) is 9.59 Å². The Bertz CT molecular complexity index is 1220. The summed E-state index contributed by atoms with van der Waals surface area (Å²) < 4.78 is 5.96. The maximum Gasteiger partial charge on any atom is 0.306 e. The van der Waals surface area contributed by atoms with E-state index in [9.17, 15) is 19.8 Å². The summed E-state index contributed by atoms with van der Waals surface area (Å²) in [4.78, 5) is 26.3. The minimum Gasteiger partial charge on any atom is -0.462 e.